The van der Waals surface area contributed by atoms with Crippen LogP contribution in [-0.4, -0.2) is 26.5 Å². The third-order valence-electron chi connectivity index (χ3n) is 1.92. The first-order valence-electron chi connectivity index (χ1n) is 5.33. The van der Waals surface area contributed by atoms with Crippen LogP contribution in [0.15, 0.2) is 34.7 Å². The highest BCUT2D eigenvalue weighted by atomic mass is 35.5. The number of rotatable bonds is 5. The third kappa shape index (κ3) is 3.90. The van der Waals surface area contributed by atoms with Gasteiger partial charge in [0, 0.05) is 18.9 Å². The monoisotopic (exact) mass is 282 g/mol. The van der Waals surface area contributed by atoms with Crippen LogP contribution < -0.4 is 0 Å². The molecule has 0 spiro atoms. The lowest BCUT2D eigenvalue weighted by Gasteiger charge is -2.04. The van der Waals surface area contributed by atoms with Gasteiger partial charge >= 0.3 is 0 Å². The van der Waals surface area contributed by atoms with Gasteiger partial charge in [-0.05, 0) is 24.8 Å². The van der Waals surface area contributed by atoms with Crippen molar-refractivity contribution < 1.29 is 4.74 Å². The maximum Gasteiger partial charge on any atom is 0.157 e. The zero-order valence-corrected chi connectivity index (χ0v) is 11.3. The Labute approximate surface area is 114 Å². The third-order valence-corrected chi connectivity index (χ3v) is 2.98. The molecule has 0 amide bonds. The van der Waals surface area contributed by atoms with E-state index in [1.807, 2.05) is 13.0 Å². The summed E-state index contributed by atoms with van der Waals surface area (Å²) in [4.78, 5) is 16.4. The molecule has 0 unspecified atom stereocenters. The Morgan fingerprint density at radius 3 is 2.94 bits per heavy atom. The number of ether oxygens (including phenoxy) is 1. The highest BCUT2D eigenvalue weighted by Crippen LogP contribution is 2.25. The lowest BCUT2D eigenvalue weighted by molar-refractivity contribution is 0.128. The van der Waals surface area contributed by atoms with Crippen molar-refractivity contribution in [1.29, 1.82) is 0 Å². The smallest absolute Gasteiger partial charge is 0.157 e. The SMILES string of the molecule is CCOCc1nc(Cl)cc(Sc2ccncn2)n1. The van der Waals surface area contributed by atoms with Crippen molar-refractivity contribution in [3.8, 4) is 0 Å². The predicted octanol–water partition coefficient (Wildman–Crippen LogP) is 2.61. The molecule has 0 fully saturated rings. The van der Waals surface area contributed by atoms with Gasteiger partial charge in [0.15, 0.2) is 5.82 Å². The van der Waals surface area contributed by atoms with Crippen LogP contribution in [0.3, 0.4) is 0 Å². The van der Waals surface area contributed by atoms with Crippen LogP contribution in [0.4, 0.5) is 0 Å². The van der Waals surface area contributed by atoms with Gasteiger partial charge in [-0.3, -0.25) is 0 Å². The maximum atomic E-state index is 5.94. The van der Waals surface area contributed by atoms with E-state index in [0.29, 0.717) is 24.2 Å². The van der Waals surface area contributed by atoms with Gasteiger partial charge in [-0.2, -0.15) is 0 Å². The summed E-state index contributed by atoms with van der Waals surface area (Å²) in [6, 6.07) is 3.51. The Morgan fingerprint density at radius 2 is 2.22 bits per heavy atom. The summed E-state index contributed by atoms with van der Waals surface area (Å²) in [5, 5.41) is 1.95. The van der Waals surface area contributed by atoms with Crippen molar-refractivity contribution in [3.05, 3.63) is 35.6 Å². The Kier molecular flexibility index (Phi) is 4.86. The van der Waals surface area contributed by atoms with E-state index in [2.05, 4.69) is 19.9 Å². The molecule has 0 N–H and O–H groups in total. The van der Waals surface area contributed by atoms with E-state index in [1.165, 1.54) is 18.1 Å². The van der Waals surface area contributed by atoms with Crippen LogP contribution >= 0.6 is 23.4 Å². The molecule has 94 valence electrons. The number of hydrogen-bond donors (Lipinski definition) is 0. The van der Waals surface area contributed by atoms with Gasteiger partial charge in [0.2, 0.25) is 0 Å². The van der Waals surface area contributed by atoms with Crippen LogP contribution in [0, 0.1) is 0 Å². The van der Waals surface area contributed by atoms with Crippen molar-refractivity contribution in [2.24, 2.45) is 0 Å². The van der Waals surface area contributed by atoms with E-state index < -0.39 is 0 Å². The Morgan fingerprint density at radius 1 is 1.33 bits per heavy atom. The van der Waals surface area contributed by atoms with Crippen molar-refractivity contribution in [1.82, 2.24) is 19.9 Å². The topological polar surface area (TPSA) is 60.8 Å². The first kappa shape index (κ1) is 13.2. The summed E-state index contributed by atoms with van der Waals surface area (Å²) in [6.45, 7) is 2.89. The second kappa shape index (κ2) is 6.63. The molecule has 5 nitrogen and oxygen atoms in total. The molecule has 0 aromatic carbocycles. The lowest BCUT2D eigenvalue weighted by atomic mass is 10.6. The lowest BCUT2D eigenvalue weighted by Crippen LogP contribution is -2.00. The summed E-state index contributed by atoms with van der Waals surface area (Å²) < 4.78 is 5.26. The fourth-order valence-electron chi connectivity index (χ4n) is 1.20. The van der Waals surface area contributed by atoms with Crippen LogP contribution in [0.25, 0.3) is 0 Å². The minimum atomic E-state index is 0.356. The average molecular weight is 283 g/mol. The average Bonchev–Trinajstić information content (AvgIpc) is 2.37. The predicted molar refractivity (Wildman–Crippen MR) is 68.5 cm³/mol. The first-order chi connectivity index (χ1) is 8.78. The standard InChI is InChI=1S/C11H11ClN4OS/c1-2-17-6-9-15-8(12)5-11(16-9)18-10-3-4-13-7-14-10/h3-5,7H,2,6H2,1H3. The summed E-state index contributed by atoms with van der Waals surface area (Å²) in [5.74, 6) is 0.570. The van der Waals surface area contributed by atoms with Crippen LogP contribution in [0.2, 0.25) is 5.15 Å². The molecule has 18 heavy (non-hydrogen) atoms. The molecule has 0 aliphatic carbocycles. The molecule has 0 saturated carbocycles. The summed E-state index contributed by atoms with van der Waals surface area (Å²) in [6.07, 6.45) is 3.17. The normalized spacial score (nSPS) is 10.6. The van der Waals surface area contributed by atoms with Crippen molar-refractivity contribution in [2.75, 3.05) is 6.61 Å². The quantitative estimate of drug-likeness (QED) is 0.786. The molecular weight excluding hydrogens is 272 g/mol. The highest BCUT2D eigenvalue weighted by molar-refractivity contribution is 7.99. The van der Waals surface area contributed by atoms with Crippen LogP contribution in [-0.2, 0) is 11.3 Å². The number of hydrogen-bond acceptors (Lipinski definition) is 6. The fraction of sp³-hybridized carbons (Fsp3) is 0.273. The van der Waals surface area contributed by atoms with Gasteiger partial charge < -0.3 is 4.74 Å². The molecular formula is C11H11ClN4OS. The number of aromatic nitrogens is 4. The number of halogens is 1. The molecule has 0 atom stereocenters. The van der Waals surface area contributed by atoms with Gasteiger partial charge in [0.1, 0.15) is 28.1 Å². The molecule has 7 heteroatoms. The van der Waals surface area contributed by atoms with Gasteiger partial charge in [-0.1, -0.05) is 11.6 Å². The Hall–Kier alpha value is -1.24. The summed E-state index contributed by atoms with van der Waals surface area (Å²) in [7, 11) is 0. The van der Waals surface area contributed by atoms with Crippen LogP contribution in [0.5, 0.6) is 0 Å². The van der Waals surface area contributed by atoms with E-state index >= 15 is 0 Å². The zero-order valence-electron chi connectivity index (χ0n) is 9.71. The van der Waals surface area contributed by atoms with Gasteiger partial charge in [-0.25, -0.2) is 19.9 Å². The Bertz CT molecular complexity index is 512. The van der Waals surface area contributed by atoms with Gasteiger partial charge in [0.25, 0.3) is 0 Å². The molecule has 0 aliphatic rings. The summed E-state index contributed by atoms with van der Waals surface area (Å²) >= 11 is 7.35. The van der Waals surface area contributed by atoms with E-state index in [-0.39, 0.29) is 0 Å². The van der Waals surface area contributed by atoms with E-state index in [1.54, 1.807) is 12.3 Å². The molecule has 2 heterocycles. The molecule has 0 saturated heterocycles. The minimum Gasteiger partial charge on any atom is -0.374 e. The second-order valence-corrected chi connectivity index (χ2v) is 4.66. The van der Waals surface area contributed by atoms with Gasteiger partial charge in [-0.15, -0.1) is 0 Å². The fourth-order valence-corrected chi connectivity index (χ4v) is 2.23. The molecule has 0 aliphatic heterocycles. The van der Waals surface area contributed by atoms with E-state index in [0.717, 1.165) is 10.1 Å². The molecule has 2 aromatic heterocycles. The molecule has 2 rings (SSSR count). The van der Waals surface area contributed by atoms with Gasteiger partial charge in [0.05, 0.1) is 0 Å². The summed E-state index contributed by atoms with van der Waals surface area (Å²) in [5.41, 5.74) is 0. The van der Waals surface area contributed by atoms with E-state index in [9.17, 15) is 0 Å². The highest BCUT2D eigenvalue weighted by Gasteiger charge is 2.06. The minimum absolute atomic E-state index is 0.356. The first-order valence-corrected chi connectivity index (χ1v) is 6.52. The molecule has 0 bridgehead atoms. The largest absolute Gasteiger partial charge is 0.374 e. The second-order valence-electron chi connectivity index (χ2n) is 3.23. The van der Waals surface area contributed by atoms with Crippen molar-refractivity contribution >= 4 is 23.4 Å². The molecule has 0 radical (unpaired) electrons. The maximum absolute atomic E-state index is 5.94. The Balaban J connectivity index is 2.15. The van der Waals surface area contributed by atoms with Crippen LogP contribution in [0.1, 0.15) is 12.7 Å². The zero-order chi connectivity index (χ0) is 12.8. The number of nitrogens with zero attached hydrogens (tertiary/aromatic N) is 4. The van der Waals surface area contributed by atoms with Crippen molar-refractivity contribution in [2.45, 2.75) is 23.6 Å². The van der Waals surface area contributed by atoms with Crippen molar-refractivity contribution in [3.63, 3.8) is 0 Å². The molecule has 2 aromatic rings. The van der Waals surface area contributed by atoms with E-state index in [4.69, 9.17) is 16.3 Å².